The molecule has 372 valence electrons. The Kier molecular flexibility index (Phi) is 20.5. The van der Waals surface area contributed by atoms with Gasteiger partial charge in [-0.25, -0.2) is 19.2 Å². The molecule has 0 atom stereocenters. The van der Waals surface area contributed by atoms with E-state index >= 15 is 0 Å². The van der Waals surface area contributed by atoms with Gasteiger partial charge < -0.3 is 42.5 Å². The number of benzene rings is 6. The quantitative estimate of drug-likeness (QED) is 0.0760. The second-order valence-corrected chi connectivity index (χ2v) is 16.7. The van der Waals surface area contributed by atoms with E-state index in [1.165, 1.54) is 22.3 Å². The molecular formula is C58H76N8O4. The van der Waals surface area contributed by atoms with Crippen molar-refractivity contribution >= 4 is 68.4 Å². The minimum Gasteiger partial charge on any atom is -0.334 e. The fraction of sp³-hybridized carbons (Fsp3) is 0.379. The van der Waals surface area contributed by atoms with Gasteiger partial charge in [0.1, 0.15) is 0 Å². The Morgan fingerprint density at radius 3 is 0.814 bits per heavy atom. The molecule has 6 aromatic rings. The molecular weight excluding hydrogens is 873 g/mol. The molecule has 2 aliphatic carbocycles. The maximum atomic E-state index is 13.7. The SMILES string of the molecule is CC.CC.CC.CC.Cc1ccc2c(c1)NC(=O)NCc1c3c(c(c4ccccc14)CNC(=O)Nc1cc(C)ccc1NC(=O)NCc1c4c(c(c5ccccc15)CNC(=O)N2)CCCC4)CCCC3. The Morgan fingerprint density at radius 1 is 0.314 bits per heavy atom. The van der Waals surface area contributed by atoms with E-state index in [1.54, 1.807) is 12.1 Å². The number of carbonyl (C=O) groups is 4. The molecule has 0 spiro atoms. The summed E-state index contributed by atoms with van der Waals surface area (Å²) in [6.45, 7) is 21.1. The van der Waals surface area contributed by atoms with Gasteiger partial charge in [-0.3, -0.25) is 0 Å². The molecule has 0 radical (unpaired) electrons. The van der Waals surface area contributed by atoms with Crippen LogP contribution in [-0.4, -0.2) is 24.1 Å². The molecule has 0 aromatic heterocycles. The Labute approximate surface area is 416 Å². The molecule has 6 aromatic carbocycles. The smallest absolute Gasteiger partial charge is 0.319 e. The minimum atomic E-state index is -0.388. The van der Waals surface area contributed by atoms with Crippen molar-refractivity contribution in [2.24, 2.45) is 0 Å². The lowest BCUT2D eigenvalue weighted by Crippen LogP contribution is -2.32. The third-order valence-electron chi connectivity index (χ3n) is 12.6. The molecule has 0 fully saturated rings. The first-order valence-corrected chi connectivity index (χ1v) is 25.7. The summed E-state index contributed by atoms with van der Waals surface area (Å²) < 4.78 is 0. The Morgan fingerprint density at radius 2 is 0.557 bits per heavy atom. The number of hydrogen-bond acceptors (Lipinski definition) is 4. The van der Waals surface area contributed by atoms with Crippen LogP contribution in [0.4, 0.5) is 41.9 Å². The highest BCUT2D eigenvalue weighted by atomic mass is 16.2. The molecule has 70 heavy (non-hydrogen) atoms. The summed E-state index contributed by atoms with van der Waals surface area (Å²) in [6.07, 6.45) is 7.56. The van der Waals surface area contributed by atoms with E-state index in [0.717, 1.165) is 106 Å². The number of aryl methyl sites for hydroxylation is 2. The van der Waals surface area contributed by atoms with Gasteiger partial charge in [0.2, 0.25) is 0 Å². The third-order valence-corrected chi connectivity index (χ3v) is 12.6. The maximum absolute atomic E-state index is 13.7. The van der Waals surface area contributed by atoms with E-state index in [2.05, 4.69) is 66.8 Å². The van der Waals surface area contributed by atoms with Gasteiger partial charge in [0.25, 0.3) is 0 Å². The van der Waals surface area contributed by atoms with Crippen LogP contribution < -0.4 is 42.5 Å². The molecule has 8 amide bonds. The van der Waals surface area contributed by atoms with Crippen LogP contribution in [0.2, 0.25) is 0 Å². The predicted molar refractivity (Wildman–Crippen MR) is 292 cm³/mol. The van der Waals surface area contributed by atoms with Crippen LogP contribution in [-0.2, 0) is 51.9 Å². The van der Waals surface area contributed by atoms with E-state index in [4.69, 9.17) is 0 Å². The van der Waals surface area contributed by atoms with Crippen LogP contribution >= 0.6 is 0 Å². The summed E-state index contributed by atoms with van der Waals surface area (Å²) in [5.74, 6) is 0. The highest BCUT2D eigenvalue weighted by molar-refractivity contribution is 6.01. The van der Waals surface area contributed by atoms with Gasteiger partial charge in [0, 0.05) is 26.2 Å². The Hall–Kier alpha value is -7.08. The van der Waals surface area contributed by atoms with Gasteiger partial charge in [0.05, 0.1) is 22.7 Å². The first kappa shape index (κ1) is 53.9. The fourth-order valence-electron chi connectivity index (χ4n) is 9.70. The number of nitrogens with one attached hydrogen (secondary N) is 8. The molecule has 1 heterocycles. The van der Waals surface area contributed by atoms with E-state index < -0.39 is 0 Å². The van der Waals surface area contributed by atoms with Crippen LogP contribution in [0.3, 0.4) is 0 Å². The Balaban J connectivity index is 0.00000109. The molecule has 1 aliphatic heterocycles. The molecule has 9 rings (SSSR count). The van der Waals surface area contributed by atoms with Crippen molar-refractivity contribution in [2.75, 3.05) is 21.3 Å². The summed E-state index contributed by atoms with van der Waals surface area (Å²) in [4.78, 5) is 54.8. The van der Waals surface area contributed by atoms with Crippen molar-refractivity contribution in [3.63, 3.8) is 0 Å². The first-order chi connectivity index (χ1) is 34.2. The summed E-state index contributed by atoms with van der Waals surface area (Å²) in [5, 5.41) is 28.6. The summed E-state index contributed by atoms with van der Waals surface area (Å²) in [7, 11) is 0. The van der Waals surface area contributed by atoms with Gasteiger partial charge in [-0.1, -0.05) is 116 Å². The van der Waals surface area contributed by atoms with Crippen LogP contribution in [0.5, 0.6) is 0 Å². The monoisotopic (exact) mass is 949 g/mol. The number of fused-ring (bicyclic) bond motifs is 8. The highest BCUT2D eigenvalue weighted by Gasteiger charge is 2.25. The van der Waals surface area contributed by atoms with Crippen molar-refractivity contribution < 1.29 is 19.2 Å². The van der Waals surface area contributed by atoms with Gasteiger partial charge >= 0.3 is 24.1 Å². The average molecular weight is 949 g/mol. The first-order valence-electron chi connectivity index (χ1n) is 25.7. The highest BCUT2D eigenvalue weighted by Crippen LogP contribution is 2.38. The van der Waals surface area contributed by atoms with E-state index in [1.807, 2.05) is 118 Å². The zero-order valence-electron chi connectivity index (χ0n) is 43.2. The Bertz CT molecular complexity index is 2600. The fourth-order valence-corrected chi connectivity index (χ4v) is 9.70. The van der Waals surface area contributed by atoms with Crippen LogP contribution in [0.1, 0.15) is 137 Å². The lowest BCUT2D eigenvalue weighted by atomic mass is 9.81. The lowest BCUT2D eigenvalue weighted by Gasteiger charge is -2.27. The summed E-state index contributed by atoms with van der Waals surface area (Å²) in [6, 6.07) is 25.8. The number of anilines is 4. The normalized spacial score (nSPS) is 14.8. The standard InChI is InChI=1S/C50H52N8O4.4C2H6/c1-29-19-21-43-45(23-29)57-49(61)53-27-41-35-15-7-9-17-37(35)42(38-18-10-8-16-36(38)41)28-54-50(62)58-46-24-30(2)20-22-44(46)56-48(60)52-26-40-33-13-5-3-11-31(33)39(25-51-47(59)55-43)32-12-4-6-14-34(32)40;4*1-2/h3,5,7,9,11,13,15,17,19-24H,4,6,8,10,12,14,16,18,25-28H2,1-2H3,(H2,51,55,59)(H2,52,56,60)(H2,53,57,61)(H2,54,58,62);4*1-2H3. The summed E-state index contributed by atoms with van der Waals surface area (Å²) >= 11 is 0. The second-order valence-electron chi connectivity index (χ2n) is 16.7. The van der Waals surface area contributed by atoms with Crippen LogP contribution in [0.15, 0.2) is 84.9 Å². The number of amides is 8. The molecule has 8 N–H and O–H groups in total. The van der Waals surface area contributed by atoms with Crippen molar-refractivity contribution in [1.82, 2.24) is 21.3 Å². The van der Waals surface area contributed by atoms with Crippen molar-refractivity contribution in [3.05, 3.63) is 141 Å². The third kappa shape index (κ3) is 12.8. The molecule has 3 aliphatic rings. The lowest BCUT2D eigenvalue weighted by molar-refractivity contribution is 0.250. The maximum Gasteiger partial charge on any atom is 0.319 e. The largest absolute Gasteiger partial charge is 0.334 e. The van der Waals surface area contributed by atoms with Gasteiger partial charge in [-0.2, -0.15) is 0 Å². The molecule has 0 saturated carbocycles. The van der Waals surface area contributed by atoms with Crippen LogP contribution in [0.25, 0.3) is 21.5 Å². The second kappa shape index (κ2) is 26.6. The molecule has 12 nitrogen and oxygen atoms in total. The number of carbonyl (C=O) groups excluding carboxylic acids is 4. The predicted octanol–water partition coefficient (Wildman–Crippen LogP) is 14.1. The average Bonchev–Trinajstić information content (AvgIpc) is 3.39. The van der Waals surface area contributed by atoms with Crippen LogP contribution in [0, 0.1) is 13.8 Å². The van der Waals surface area contributed by atoms with Crippen molar-refractivity contribution in [2.45, 2.75) is 147 Å². The topological polar surface area (TPSA) is 165 Å². The summed E-state index contributed by atoms with van der Waals surface area (Å²) in [5.41, 5.74) is 12.8. The molecule has 12 heteroatoms. The zero-order valence-corrected chi connectivity index (χ0v) is 43.2. The van der Waals surface area contributed by atoms with Gasteiger partial charge in [-0.15, -0.1) is 0 Å². The zero-order chi connectivity index (χ0) is 50.7. The van der Waals surface area contributed by atoms with E-state index in [-0.39, 0.29) is 24.1 Å². The molecule has 4 bridgehead atoms. The number of hydrogen-bond donors (Lipinski definition) is 8. The van der Waals surface area contributed by atoms with Gasteiger partial charge in [-0.05, 0) is 167 Å². The minimum absolute atomic E-state index is 0.297. The van der Waals surface area contributed by atoms with E-state index in [9.17, 15) is 19.2 Å². The molecule has 0 saturated heterocycles. The number of rotatable bonds is 0. The van der Waals surface area contributed by atoms with Crippen molar-refractivity contribution in [3.8, 4) is 0 Å². The van der Waals surface area contributed by atoms with Crippen molar-refractivity contribution in [1.29, 1.82) is 0 Å². The van der Waals surface area contributed by atoms with Gasteiger partial charge in [0.15, 0.2) is 0 Å². The molecule has 0 unspecified atom stereocenters. The number of urea groups is 4. The van der Waals surface area contributed by atoms with E-state index in [0.29, 0.717) is 48.9 Å².